The minimum absolute atomic E-state index is 0.197. The van der Waals surface area contributed by atoms with Crippen molar-refractivity contribution < 1.29 is 19.3 Å². The highest BCUT2D eigenvalue weighted by Crippen LogP contribution is 2.40. The molecule has 1 fully saturated rings. The molecule has 0 bridgehead atoms. The zero-order chi connectivity index (χ0) is 20.6. The van der Waals surface area contributed by atoms with E-state index >= 15 is 0 Å². The van der Waals surface area contributed by atoms with Crippen LogP contribution in [0.3, 0.4) is 0 Å². The quantitative estimate of drug-likeness (QED) is 0.712. The van der Waals surface area contributed by atoms with Crippen molar-refractivity contribution in [2.75, 3.05) is 40.5 Å². The third-order valence-electron chi connectivity index (χ3n) is 5.19. The van der Waals surface area contributed by atoms with Crippen LogP contribution < -0.4 is 15.2 Å². The predicted molar refractivity (Wildman–Crippen MR) is 114 cm³/mol. The first-order valence-electron chi connectivity index (χ1n) is 9.87. The van der Waals surface area contributed by atoms with E-state index in [2.05, 4.69) is 17.0 Å². The first-order valence-corrected chi connectivity index (χ1v) is 9.87. The second-order valence-corrected chi connectivity index (χ2v) is 7.04. The first-order chi connectivity index (χ1) is 14.2. The highest BCUT2D eigenvalue weighted by molar-refractivity contribution is 5.69. The smallest absolute Gasteiger partial charge is 0.134 e. The maximum atomic E-state index is 11.0. The van der Waals surface area contributed by atoms with E-state index < -0.39 is 0 Å². The van der Waals surface area contributed by atoms with Crippen LogP contribution in [0, 0.1) is 0 Å². The van der Waals surface area contributed by atoms with Crippen LogP contribution in [-0.2, 0) is 24.2 Å². The van der Waals surface area contributed by atoms with Gasteiger partial charge in [0.2, 0.25) is 0 Å². The summed E-state index contributed by atoms with van der Waals surface area (Å²) in [6, 6.07) is 10.1. The lowest BCUT2D eigenvalue weighted by Crippen LogP contribution is -2.35. The van der Waals surface area contributed by atoms with Gasteiger partial charge in [-0.05, 0) is 17.5 Å². The van der Waals surface area contributed by atoms with E-state index in [0.717, 1.165) is 30.6 Å². The fourth-order valence-corrected chi connectivity index (χ4v) is 3.45. The second kappa shape index (κ2) is 10.3. The number of benzene rings is 2. The molecule has 0 spiro atoms. The summed E-state index contributed by atoms with van der Waals surface area (Å²) in [5, 5.41) is 11.0. The molecule has 6 nitrogen and oxygen atoms in total. The van der Waals surface area contributed by atoms with Gasteiger partial charge in [-0.3, -0.25) is 4.90 Å². The van der Waals surface area contributed by atoms with E-state index in [4.69, 9.17) is 19.9 Å². The van der Waals surface area contributed by atoms with Crippen LogP contribution >= 0.6 is 0 Å². The van der Waals surface area contributed by atoms with Crippen LogP contribution in [-0.4, -0.2) is 50.5 Å². The molecule has 0 aromatic heterocycles. The Morgan fingerprint density at radius 1 is 1.07 bits per heavy atom. The van der Waals surface area contributed by atoms with Gasteiger partial charge in [-0.15, -0.1) is 0 Å². The zero-order valence-corrected chi connectivity index (χ0v) is 17.2. The van der Waals surface area contributed by atoms with Gasteiger partial charge in [-0.1, -0.05) is 36.4 Å². The Bertz CT molecular complexity index is 828. The van der Waals surface area contributed by atoms with Crippen molar-refractivity contribution in [3.8, 4) is 17.2 Å². The summed E-state index contributed by atoms with van der Waals surface area (Å²) < 4.78 is 16.5. The molecule has 2 aromatic carbocycles. The lowest BCUT2D eigenvalue weighted by atomic mass is 10.0. The molecule has 2 aromatic rings. The maximum absolute atomic E-state index is 11.0. The Kier molecular flexibility index (Phi) is 7.52. The first kappa shape index (κ1) is 21.2. The highest BCUT2D eigenvalue weighted by atomic mass is 16.5. The monoisotopic (exact) mass is 398 g/mol. The number of rotatable bonds is 8. The summed E-state index contributed by atoms with van der Waals surface area (Å²) in [4.78, 5) is 2.25. The van der Waals surface area contributed by atoms with Crippen LogP contribution in [0.5, 0.6) is 17.2 Å². The van der Waals surface area contributed by atoms with Crippen LogP contribution in [0.4, 0.5) is 0 Å². The molecule has 3 N–H and O–H groups in total. The summed E-state index contributed by atoms with van der Waals surface area (Å²) in [7, 11) is 3.20. The molecule has 1 saturated heterocycles. The molecule has 3 rings (SSSR count). The molecule has 0 saturated carbocycles. The normalized spacial score (nSPS) is 15.0. The average molecular weight is 399 g/mol. The molecule has 156 valence electrons. The van der Waals surface area contributed by atoms with E-state index in [9.17, 15) is 5.11 Å². The van der Waals surface area contributed by atoms with E-state index in [1.54, 1.807) is 14.2 Å². The number of aromatic hydroxyl groups is 1. The Balaban J connectivity index is 1.84. The number of phenolic OH excluding ortho intramolecular Hbond substituents is 1. The van der Waals surface area contributed by atoms with Gasteiger partial charge in [0.1, 0.15) is 17.2 Å². The van der Waals surface area contributed by atoms with Crippen molar-refractivity contribution >= 4 is 6.08 Å². The summed E-state index contributed by atoms with van der Waals surface area (Å²) >= 11 is 0. The lowest BCUT2D eigenvalue weighted by Gasteiger charge is -2.28. The summed E-state index contributed by atoms with van der Waals surface area (Å²) in [5.41, 5.74) is 9.37. The van der Waals surface area contributed by atoms with E-state index in [0.29, 0.717) is 43.4 Å². The maximum Gasteiger partial charge on any atom is 0.134 e. The fourth-order valence-electron chi connectivity index (χ4n) is 3.45. The van der Waals surface area contributed by atoms with Crippen LogP contribution in [0.2, 0.25) is 0 Å². The number of allylic oxidation sites excluding steroid dienone is 1. The molecule has 1 heterocycles. The van der Waals surface area contributed by atoms with Crippen molar-refractivity contribution in [1.29, 1.82) is 0 Å². The standard InChI is InChI=1S/C23H30N2O4/c1-27-21-14-22(28-2)20(16-25-10-12-29-13-11-25)23(26)19(21)5-3-4-17-6-8-18(15-24)9-7-17/h3,5-9,14,26H,4,10-13,15-16,24H2,1-2H3/b5-3+. The molecular formula is C23H30N2O4. The van der Waals surface area contributed by atoms with Crippen molar-refractivity contribution in [2.24, 2.45) is 5.73 Å². The van der Waals surface area contributed by atoms with Crippen LogP contribution in [0.15, 0.2) is 36.4 Å². The minimum atomic E-state index is 0.197. The number of morpholine rings is 1. The molecule has 6 heteroatoms. The Hall–Kier alpha value is -2.54. The number of methoxy groups -OCH3 is 2. The van der Waals surface area contributed by atoms with Crippen molar-refractivity contribution in [1.82, 2.24) is 4.90 Å². The van der Waals surface area contributed by atoms with Gasteiger partial charge >= 0.3 is 0 Å². The van der Waals surface area contributed by atoms with Crippen molar-refractivity contribution in [3.63, 3.8) is 0 Å². The number of nitrogens with zero attached hydrogens (tertiary/aromatic N) is 1. The number of ether oxygens (including phenoxy) is 3. The second-order valence-electron chi connectivity index (χ2n) is 7.04. The third-order valence-corrected chi connectivity index (χ3v) is 5.19. The van der Waals surface area contributed by atoms with Gasteiger partial charge in [0.15, 0.2) is 0 Å². The van der Waals surface area contributed by atoms with Gasteiger partial charge in [-0.2, -0.15) is 0 Å². The fraction of sp³-hybridized carbons (Fsp3) is 0.391. The molecule has 0 unspecified atom stereocenters. The molecule has 1 aliphatic rings. The molecule has 1 aliphatic heterocycles. The van der Waals surface area contributed by atoms with Crippen LogP contribution in [0.25, 0.3) is 6.08 Å². The van der Waals surface area contributed by atoms with E-state index in [-0.39, 0.29) is 5.75 Å². The largest absolute Gasteiger partial charge is 0.507 e. The third kappa shape index (κ3) is 5.29. The van der Waals surface area contributed by atoms with Gasteiger partial charge in [0, 0.05) is 32.2 Å². The van der Waals surface area contributed by atoms with Crippen LogP contribution in [0.1, 0.15) is 22.3 Å². The highest BCUT2D eigenvalue weighted by Gasteiger charge is 2.21. The van der Waals surface area contributed by atoms with Gasteiger partial charge in [-0.25, -0.2) is 0 Å². The van der Waals surface area contributed by atoms with Gasteiger partial charge in [0.25, 0.3) is 0 Å². The molecule has 0 aliphatic carbocycles. The van der Waals surface area contributed by atoms with Crippen molar-refractivity contribution in [2.45, 2.75) is 19.5 Å². The number of phenols is 1. The van der Waals surface area contributed by atoms with Crippen molar-refractivity contribution in [3.05, 3.63) is 58.7 Å². The molecular weight excluding hydrogens is 368 g/mol. The molecule has 0 amide bonds. The Labute approximate surface area is 172 Å². The SMILES string of the molecule is COc1cc(OC)c(CN2CCOCC2)c(O)c1/C=C/Cc1ccc(CN)cc1. The van der Waals surface area contributed by atoms with E-state index in [1.807, 2.05) is 30.4 Å². The summed E-state index contributed by atoms with van der Waals surface area (Å²) in [5.74, 6) is 1.41. The molecule has 29 heavy (non-hydrogen) atoms. The minimum Gasteiger partial charge on any atom is -0.507 e. The summed E-state index contributed by atoms with van der Waals surface area (Å²) in [6.45, 7) is 4.21. The predicted octanol–water partition coefficient (Wildman–Crippen LogP) is 2.96. The molecule has 0 radical (unpaired) electrons. The van der Waals surface area contributed by atoms with Gasteiger partial charge < -0.3 is 25.1 Å². The van der Waals surface area contributed by atoms with Gasteiger partial charge in [0.05, 0.1) is 38.6 Å². The zero-order valence-electron chi connectivity index (χ0n) is 17.2. The van der Waals surface area contributed by atoms with E-state index in [1.165, 1.54) is 5.56 Å². The topological polar surface area (TPSA) is 77.2 Å². The number of hydrogen-bond acceptors (Lipinski definition) is 6. The lowest BCUT2D eigenvalue weighted by molar-refractivity contribution is 0.0335. The average Bonchev–Trinajstić information content (AvgIpc) is 2.77. The number of nitrogens with two attached hydrogens (primary N) is 1. The molecule has 0 atom stereocenters. The number of hydrogen-bond donors (Lipinski definition) is 2. The summed E-state index contributed by atoms with van der Waals surface area (Å²) in [6.07, 6.45) is 4.69. The Morgan fingerprint density at radius 2 is 1.72 bits per heavy atom. The Morgan fingerprint density at radius 3 is 2.34 bits per heavy atom.